The van der Waals surface area contributed by atoms with Crippen LogP contribution >= 0.6 is 11.6 Å². The molecule has 2 aromatic carbocycles. The van der Waals surface area contributed by atoms with Gasteiger partial charge in [0.25, 0.3) is 5.91 Å². The number of rotatable bonds is 4. The van der Waals surface area contributed by atoms with Crippen molar-refractivity contribution in [2.24, 2.45) is 5.73 Å². The number of hydrogen-bond acceptors (Lipinski definition) is 3. The first kappa shape index (κ1) is 17.5. The van der Waals surface area contributed by atoms with Gasteiger partial charge in [-0.3, -0.25) is 9.59 Å². The number of halogens is 1. The van der Waals surface area contributed by atoms with Crippen molar-refractivity contribution in [3.05, 3.63) is 70.2 Å². The van der Waals surface area contributed by atoms with Gasteiger partial charge in [0.05, 0.1) is 10.6 Å². The van der Waals surface area contributed by atoms with Gasteiger partial charge in [-0.05, 0) is 23.3 Å². The fourth-order valence-corrected chi connectivity index (χ4v) is 3.29. The molecule has 1 atom stereocenters. The molecule has 2 amide bonds. The molecule has 0 bridgehead atoms. The summed E-state index contributed by atoms with van der Waals surface area (Å²) in [5, 5.41) is 3.17. The van der Waals surface area contributed by atoms with Crippen LogP contribution in [-0.2, 0) is 17.8 Å². The molecule has 5 nitrogen and oxygen atoms in total. The van der Waals surface area contributed by atoms with E-state index in [-0.39, 0.29) is 11.8 Å². The highest BCUT2D eigenvalue weighted by molar-refractivity contribution is 6.33. The van der Waals surface area contributed by atoms with Crippen molar-refractivity contribution in [1.29, 1.82) is 0 Å². The van der Waals surface area contributed by atoms with Crippen molar-refractivity contribution < 1.29 is 9.59 Å². The van der Waals surface area contributed by atoms with Gasteiger partial charge in [0, 0.05) is 26.1 Å². The Kier molecular flexibility index (Phi) is 5.36. The summed E-state index contributed by atoms with van der Waals surface area (Å²) in [7, 11) is 0. The molecule has 3 rings (SSSR count). The second kappa shape index (κ2) is 7.68. The molecule has 3 N–H and O–H groups in total. The summed E-state index contributed by atoms with van der Waals surface area (Å²) >= 11 is 6.18. The Morgan fingerprint density at radius 1 is 1.12 bits per heavy atom. The number of carbonyl (C=O) groups is 2. The van der Waals surface area contributed by atoms with Gasteiger partial charge >= 0.3 is 0 Å². The molecular weight excluding hydrogens is 338 g/mol. The minimum absolute atomic E-state index is 0.194. The third-order valence-corrected chi connectivity index (χ3v) is 4.69. The van der Waals surface area contributed by atoms with Gasteiger partial charge in [-0.2, -0.15) is 0 Å². The van der Waals surface area contributed by atoms with Crippen LogP contribution in [0, 0.1) is 0 Å². The molecule has 130 valence electrons. The second-order valence-corrected chi connectivity index (χ2v) is 6.39. The Balaban J connectivity index is 1.94. The Bertz CT molecular complexity index is 794. The monoisotopic (exact) mass is 357 g/mol. The molecule has 0 radical (unpaired) electrons. The highest BCUT2D eigenvalue weighted by Crippen LogP contribution is 2.27. The standard InChI is InChI=1S/C19H20ClN3O2/c20-16-8-4-3-7-15(16)19(25)23-12-14-6-2-1-5-13(14)11-17(23)18(24)22-10-9-21/h1-8,17H,9-12,21H2,(H,22,24). The molecule has 0 spiro atoms. The van der Waals surface area contributed by atoms with E-state index in [4.69, 9.17) is 17.3 Å². The van der Waals surface area contributed by atoms with Gasteiger partial charge in [0.1, 0.15) is 6.04 Å². The lowest BCUT2D eigenvalue weighted by atomic mass is 9.92. The summed E-state index contributed by atoms with van der Waals surface area (Å²) in [6.07, 6.45) is 0.475. The number of fused-ring (bicyclic) bond motifs is 1. The predicted molar refractivity (Wildman–Crippen MR) is 97.3 cm³/mol. The lowest BCUT2D eigenvalue weighted by Crippen LogP contribution is -2.53. The molecular formula is C19H20ClN3O2. The van der Waals surface area contributed by atoms with Crippen LogP contribution in [0.2, 0.25) is 5.02 Å². The van der Waals surface area contributed by atoms with Crippen LogP contribution in [-0.4, -0.2) is 35.8 Å². The van der Waals surface area contributed by atoms with E-state index in [1.807, 2.05) is 24.3 Å². The summed E-state index contributed by atoms with van der Waals surface area (Å²) < 4.78 is 0. The average molecular weight is 358 g/mol. The maximum Gasteiger partial charge on any atom is 0.256 e. The second-order valence-electron chi connectivity index (χ2n) is 5.98. The van der Waals surface area contributed by atoms with E-state index in [0.29, 0.717) is 36.6 Å². The van der Waals surface area contributed by atoms with Crippen molar-refractivity contribution in [3.8, 4) is 0 Å². The van der Waals surface area contributed by atoms with E-state index < -0.39 is 6.04 Å². The predicted octanol–water partition coefficient (Wildman–Crippen LogP) is 1.98. The molecule has 25 heavy (non-hydrogen) atoms. The highest BCUT2D eigenvalue weighted by Gasteiger charge is 2.35. The maximum atomic E-state index is 13.1. The van der Waals surface area contributed by atoms with E-state index in [0.717, 1.165) is 11.1 Å². The number of nitrogens with one attached hydrogen (secondary N) is 1. The van der Waals surface area contributed by atoms with Crippen LogP contribution in [0.15, 0.2) is 48.5 Å². The molecule has 0 aromatic heterocycles. The maximum absolute atomic E-state index is 13.1. The molecule has 0 saturated heterocycles. The fourth-order valence-electron chi connectivity index (χ4n) is 3.07. The number of carbonyl (C=O) groups excluding carboxylic acids is 2. The first-order valence-electron chi connectivity index (χ1n) is 8.22. The third-order valence-electron chi connectivity index (χ3n) is 4.36. The van der Waals surface area contributed by atoms with Gasteiger partial charge in [-0.1, -0.05) is 48.0 Å². The van der Waals surface area contributed by atoms with Crippen molar-refractivity contribution in [3.63, 3.8) is 0 Å². The molecule has 1 heterocycles. The van der Waals surface area contributed by atoms with E-state index >= 15 is 0 Å². The van der Waals surface area contributed by atoms with Crippen LogP contribution in [0.3, 0.4) is 0 Å². The van der Waals surface area contributed by atoms with Crippen LogP contribution < -0.4 is 11.1 Å². The van der Waals surface area contributed by atoms with Gasteiger partial charge in [0.15, 0.2) is 0 Å². The molecule has 1 unspecified atom stereocenters. The van der Waals surface area contributed by atoms with Crippen molar-refractivity contribution in [2.75, 3.05) is 13.1 Å². The lowest BCUT2D eigenvalue weighted by molar-refractivity contribution is -0.126. The molecule has 1 aliphatic rings. The van der Waals surface area contributed by atoms with E-state index in [2.05, 4.69) is 5.32 Å². The summed E-state index contributed by atoms with van der Waals surface area (Å²) in [5.74, 6) is -0.437. The summed E-state index contributed by atoms with van der Waals surface area (Å²) in [4.78, 5) is 27.3. The van der Waals surface area contributed by atoms with Crippen molar-refractivity contribution >= 4 is 23.4 Å². The SMILES string of the molecule is NCCNC(=O)C1Cc2ccccc2CN1C(=O)c1ccccc1Cl. The number of hydrogen-bond donors (Lipinski definition) is 2. The minimum atomic E-state index is -0.578. The summed E-state index contributed by atoms with van der Waals surface area (Å²) in [6.45, 7) is 1.11. The number of benzene rings is 2. The molecule has 1 aliphatic heterocycles. The normalized spacial score (nSPS) is 16.2. The number of amides is 2. The van der Waals surface area contributed by atoms with Crippen molar-refractivity contribution in [1.82, 2.24) is 10.2 Å². The van der Waals surface area contributed by atoms with E-state index in [9.17, 15) is 9.59 Å². The molecule has 6 heteroatoms. The highest BCUT2D eigenvalue weighted by atomic mass is 35.5. The van der Waals surface area contributed by atoms with Crippen molar-refractivity contribution in [2.45, 2.75) is 19.0 Å². The fraction of sp³-hybridized carbons (Fsp3) is 0.263. The Morgan fingerprint density at radius 2 is 1.80 bits per heavy atom. The summed E-state index contributed by atoms with van der Waals surface area (Å²) in [6, 6.07) is 14.2. The zero-order valence-corrected chi connectivity index (χ0v) is 14.5. The zero-order chi connectivity index (χ0) is 17.8. The van der Waals surface area contributed by atoms with Crippen LogP contribution in [0.25, 0.3) is 0 Å². The van der Waals surface area contributed by atoms with Crippen LogP contribution in [0.1, 0.15) is 21.5 Å². The first-order valence-corrected chi connectivity index (χ1v) is 8.59. The first-order chi connectivity index (χ1) is 12.1. The molecule has 2 aromatic rings. The Morgan fingerprint density at radius 3 is 2.52 bits per heavy atom. The van der Waals surface area contributed by atoms with Gasteiger partial charge in [0.2, 0.25) is 5.91 Å². The lowest BCUT2D eigenvalue weighted by Gasteiger charge is -2.36. The van der Waals surface area contributed by atoms with E-state index in [1.54, 1.807) is 29.2 Å². The average Bonchev–Trinajstić information content (AvgIpc) is 2.65. The number of nitrogens with zero attached hydrogens (tertiary/aromatic N) is 1. The Labute approximate surface area is 151 Å². The smallest absolute Gasteiger partial charge is 0.256 e. The molecule has 0 aliphatic carbocycles. The third kappa shape index (κ3) is 3.67. The quantitative estimate of drug-likeness (QED) is 0.878. The molecule has 0 fully saturated rings. The number of nitrogens with two attached hydrogens (primary N) is 1. The van der Waals surface area contributed by atoms with Gasteiger partial charge in [-0.15, -0.1) is 0 Å². The topological polar surface area (TPSA) is 75.4 Å². The zero-order valence-electron chi connectivity index (χ0n) is 13.7. The van der Waals surface area contributed by atoms with Gasteiger partial charge < -0.3 is 16.0 Å². The molecule has 0 saturated carbocycles. The van der Waals surface area contributed by atoms with Crippen LogP contribution in [0.4, 0.5) is 0 Å². The van der Waals surface area contributed by atoms with E-state index in [1.165, 1.54) is 0 Å². The largest absolute Gasteiger partial charge is 0.353 e. The van der Waals surface area contributed by atoms with Gasteiger partial charge in [-0.25, -0.2) is 0 Å². The summed E-state index contributed by atoms with van der Waals surface area (Å²) in [5.41, 5.74) is 8.01. The Hall–Kier alpha value is -2.37. The minimum Gasteiger partial charge on any atom is -0.353 e. The van der Waals surface area contributed by atoms with Crippen LogP contribution in [0.5, 0.6) is 0 Å².